The third-order valence-corrected chi connectivity index (χ3v) is 7.98. The molecule has 0 radical (unpaired) electrons. The van der Waals surface area contributed by atoms with Crippen molar-refractivity contribution >= 4 is 6.21 Å². The number of rotatable bonds is 4. The summed E-state index contributed by atoms with van der Waals surface area (Å²) in [4.78, 5) is 4.26. The van der Waals surface area contributed by atoms with E-state index in [4.69, 9.17) is 0 Å². The van der Waals surface area contributed by atoms with Gasteiger partial charge in [0.25, 0.3) is 0 Å². The number of fused-ring (bicyclic) bond motifs is 1. The number of hydrogen-bond acceptors (Lipinski definition) is 1. The Morgan fingerprint density at radius 1 is 0.574 bits per heavy atom. The summed E-state index contributed by atoms with van der Waals surface area (Å²) in [5, 5.41) is 0. The quantitative estimate of drug-likeness (QED) is 0.270. The van der Waals surface area contributed by atoms with E-state index in [0.29, 0.717) is 21.7 Å². The van der Waals surface area contributed by atoms with Gasteiger partial charge in [-0.25, -0.2) is 0 Å². The zero-order chi connectivity index (χ0) is 35.3. The molecule has 0 saturated carbocycles. The molecule has 0 N–H and O–H groups in total. The molecule has 1 aliphatic heterocycles. The number of aliphatic imine (C=N–C) groups is 1. The van der Waals surface area contributed by atoms with E-state index in [1.54, 1.807) is 11.1 Å². The smallest absolute Gasteiger partial charge is 0.0368 e. The average molecular weight is 636 g/mol. The largest absolute Gasteiger partial charge is 0.266 e. The van der Waals surface area contributed by atoms with Crippen molar-refractivity contribution < 1.29 is 0 Å². The lowest BCUT2D eigenvalue weighted by Gasteiger charge is -2.23. The second-order valence-corrected chi connectivity index (χ2v) is 18.6. The van der Waals surface area contributed by atoms with Crippen LogP contribution in [0.1, 0.15) is 143 Å². The van der Waals surface area contributed by atoms with Gasteiger partial charge in [0.2, 0.25) is 0 Å². The van der Waals surface area contributed by atoms with Crippen molar-refractivity contribution in [1.82, 2.24) is 0 Å². The molecule has 0 aromatic heterocycles. The molecule has 0 bridgehead atoms. The Morgan fingerprint density at radius 3 is 1.57 bits per heavy atom. The minimum Gasteiger partial charge on any atom is -0.266 e. The highest BCUT2D eigenvalue weighted by molar-refractivity contribution is 5.64. The lowest BCUT2D eigenvalue weighted by Crippen LogP contribution is -2.10. The molecule has 0 saturated heterocycles. The van der Waals surface area contributed by atoms with Crippen molar-refractivity contribution in [2.45, 2.75) is 141 Å². The first-order valence-corrected chi connectivity index (χ1v) is 18.1. The van der Waals surface area contributed by atoms with E-state index in [1.807, 2.05) is 6.21 Å². The van der Waals surface area contributed by atoms with Crippen LogP contribution in [0.3, 0.4) is 0 Å². The van der Waals surface area contributed by atoms with Crippen LogP contribution in [-0.4, -0.2) is 6.21 Å². The summed E-state index contributed by atoms with van der Waals surface area (Å²) in [6, 6.07) is 28.4. The highest BCUT2D eigenvalue weighted by Gasteiger charge is 2.26. The minimum absolute atomic E-state index is 0.382. The van der Waals surface area contributed by atoms with Gasteiger partial charge in [-0.05, 0) is 95.3 Å². The van der Waals surface area contributed by atoms with E-state index < -0.39 is 0 Å². The summed E-state index contributed by atoms with van der Waals surface area (Å²) >= 11 is 0. The Bertz CT molecular complexity index is 1360. The Balaban J connectivity index is 0.000000220. The Morgan fingerprint density at radius 2 is 1.09 bits per heavy atom. The highest BCUT2D eigenvalue weighted by Crippen LogP contribution is 2.40. The molecule has 3 aromatic carbocycles. The fourth-order valence-corrected chi connectivity index (χ4v) is 6.20. The molecular formula is C46H69N. The molecule has 1 heteroatoms. The monoisotopic (exact) mass is 636 g/mol. The molecule has 1 atom stereocenters. The Labute approximate surface area is 291 Å². The maximum atomic E-state index is 4.26. The second kappa shape index (κ2) is 18.0. The van der Waals surface area contributed by atoms with Gasteiger partial charge >= 0.3 is 0 Å². The van der Waals surface area contributed by atoms with Crippen LogP contribution in [0.15, 0.2) is 95.6 Å². The maximum absolute atomic E-state index is 4.26. The van der Waals surface area contributed by atoms with Gasteiger partial charge in [0.15, 0.2) is 0 Å². The molecular weight excluding hydrogens is 567 g/mol. The van der Waals surface area contributed by atoms with E-state index in [1.165, 1.54) is 41.6 Å². The van der Waals surface area contributed by atoms with Gasteiger partial charge in [0.05, 0.1) is 0 Å². The van der Waals surface area contributed by atoms with E-state index in [0.717, 1.165) is 31.6 Å². The SMILES string of the molecule is CC(C)(C)CC1=CCC=N1.CC(C)(C)CC1CCc2ccccc21.CC(C)(C)Cc1ccccc1.Cc1ccc(CC(C)(C)C)cc1. The maximum Gasteiger partial charge on any atom is 0.0368 e. The molecule has 258 valence electrons. The predicted molar refractivity (Wildman–Crippen MR) is 211 cm³/mol. The van der Waals surface area contributed by atoms with Gasteiger partial charge in [-0.2, -0.15) is 0 Å². The number of hydrogen-bond donors (Lipinski definition) is 0. The summed E-state index contributed by atoms with van der Waals surface area (Å²) in [6.07, 6.45) is 12.6. The van der Waals surface area contributed by atoms with Crippen LogP contribution in [0.4, 0.5) is 0 Å². The molecule has 1 aliphatic carbocycles. The van der Waals surface area contributed by atoms with Crippen LogP contribution in [-0.2, 0) is 19.3 Å². The number of nitrogens with zero attached hydrogens (tertiary/aromatic N) is 1. The van der Waals surface area contributed by atoms with Gasteiger partial charge in [0, 0.05) is 18.3 Å². The van der Waals surface area contributed by atoms with E-state index in [-0.39, 0.29) is 0 Å². The van der Waals surface area contributed by atoms with Gasteiger partial charge in [-0.3, -0.25) is 4.99 Å². The van der Waals surface area contributed by atoms with Crippen LogP contribution in [0.2, 0.25) is 0 Å². The molecule has 3 aromatic rings. The van der Waals surface area contributed by atoms with Crippen LogP contribution in [0, 0.1) is 28.6 Å². The van der Waals surface area contributed by atoms with Gasteiger partial charge < -0.3 is 0 Å². The minimum atomic E-state index is 0.382. The topological polar surface area (TPSA) is 12.4 Å². The average Bonchev–Trinajstić information content (AvgIpc) is 3.58. The number of aryl methyl sites for hydroxylation is 2. The molecule has 1 nitrogen and oxygen atoms in total. The van der Waals surface area contributed by atoms with Crippen molar-refractivity contribution in [3.05, 3.63) is 118 Å². The van der Waals surface area contributed by atoms with Crippen LogP contribution < -0.4 is 0 Å². The standard InChI is InChI=1S/C14H20.C12H18.C11H16.C9H15N/c1-14(2,3)10-12-9-8-11-6-4-5-7-13(11)12;1-10-5-7-11(8-6-10)9-12(2,3)4;1-11(2,3)9-10-7-5-4-6-8-10;1-9(2,3)7-8-5-4-6-10-8/h4-7,12H,8-10H2,1-3H3;5-8H,9H2,1-4H3;4-8H,9H2,1-3H3;5-6H,4,7H2,1-3H3. The van der Waals surface area contributed by atoms with Gasteiger partial charge in [-0.1, -0.05) is 174 Å². The summed E-state index contributed by atoms with van der Waals surface area (Å²) < 4.78 is 0. The third-order valence-electron chi connectivity index (χ3n) is 7.98. The fourth-order valence-electron chi connectivity index (χ4n) is 6.20. The first-order chi connectivity index (χ1) is 21.7. The number of benzene rings is 3. The van der Waals surface area contributed by atoms with Crippen molar-refractivity contribution in [1.29, 1.82) is 0 Å². The lowest BCUT2D eigenvalue weighted by molar-refractivity contribution is 0.338. The molecule has 0 amide bonds. The molecule has 1 unspecified atom stereocenters. The number of allylic oxidation sites excluding steroid dienone is 2. The van der Waals surface area contributed by atoms with Crippen LogP contribution in [0.5, 0.6) is 0 Å². The van der Waals surface area contributed by atoms with Crippen molar-refractivity contribution in [3.8, 4) is 0 Å². The Kier molecular flexibility index (Phi) is 15.4. The predicted octanol–water partition coefficient (Wildman–Crippen LogP) is 13.8. The summed E-state index contributed by atoms with van der Waals surface area (Å²) in [7, 11) is 0. The van der Waals surface area contributed by atoms with Gasteiger partial charge in [0.1, 0.15) is 0 Å². The Hall–Kier alpha value is -2.93. The van der Waals surface area contributed by atoms with E-state index in [2.05, 4.69) is 180 Å². The third kappa shape index (κ3) is 18.9. The second-order valence-electron chi connectivity index (χ2n) is 18.6. The molecule has 2 aliphatic rings. The van der Waals surface area contributed by atoms with E-state index in [9.17, 15) is 0 Å². The molecule has 47 heavy (non-hydrogen) atoms. The zero-order valence-electron chi connectivity index (χ0n) is 32.6. The first-order valence-electron chi connectivity index (χ1n) is 18.1. The highest BCUT2D eigenvalue weighted by atomic mass is 14.7. The first kappa shape index (κ1) is 40.2. The summed E-state index contributed by atoms with van der Waals surface area (Å²) in [6.45, 7) is 29.5. The molecule has 0 spiro atoms. The fraction of sp³-hybridized carbons (Fsp3) is 0.543. The van der Waals surface area contributed by atoms with Crippen molar-refractivity contribution in [2.24, 2.45) is 26.7 Å². The normalized spacial score (nSPS) is 15.7. The van der Waals surface area contributed by atoms with Crippen molar-refractivity contribution in [3.63, 3.8) is 0 Å². The summed E-state index contributed by atoms with van der Waals surface area (Å²) in [5.41, 5.74) is 10.3. The lowest BCUT2D eigenvalue weighted by atomic mass is 9.82. The van der Waals surface area contributed by atoms with Crippen LogP contribution in [0.25, 0.3) is 0 Å². The van der Waals surface area contributed by atoms with Crippen LogP contribution >= 0.6 is 0 Å². The van der Waals surface area contributed by atoms with Gasteiger partial charge in [-0.15, -0.1) is 0 Å². The molecule has 5 rings (SSSR count). The van der Waals surface area contributed by atoms with E-state index >= 15 is 0 Å². The van der Waals surface area contributed by atoms with Crippen molar-refractivity contribution in [2.75, 3.05) is 0 Å². The summed E-state index contributed by atoms with van der Waals surface area (Å²) in [5.74, 6) is 0.811. The molecule has 1 heterocycles. The molecule has 0 fully saturated rings. The zero-order valence-corrected chi connectivity index (χ0v) is 32.6.